The van der Waals surface area contributed by atoms with Gasteiger partial charge in [0.2, 0.25) is 0 Å². The van der Waals surface area contributed by atoms with Gasteiger partial charge in [-0.3, -0.25) is 4.99 Å². The zero-order valence-corrected chi connectivity index (χ0v) is 18.2. The number of nitrogens with one attached hydrogen (secondary N) is 2. The van der Waals surface area contributed by atoms with E-state index < -0.39 is 0 Å². The van der Waals surface area contributed by atoms with Gasteiger partial charge in [-0.2, -0.15) is 0 Å². The van der Waals surface area contributed by atoms with Crippen LogP contribution in [0.4, 0.5) is 0 Å². The third-order valence-corrected chi connectivity index (χ3v) is 4.10. The van der Waals surface area contributed by atoms with E-state index in [1.807, 2.05) is 0 Å². The van der Waals surface area contributed by atoms with Crippen LogP contribution < -0.4 is 10.6 Å². The fraction of sp³-hybridized carbons (Fsp3) is 0.944. The van der Waals surface area contributed by atoms with Crippen LogP contribution in [0.3, 0.4) is 0 Å². The molecule has 1 heterocycles. The van der Waals surface area contributed by atoms with Gasteiger partial charge < -0.3 is 15.5 Å². The van der Waals surface area contributed by atoms with Crippen LogP contribution in [0.1, 0.15) is 53.9 Å². The number of hydrogen-bond donors (Lipinski definition) is 2. The Hall–Kier alpha value is -0.0400. The van der Waals surface area contributed by atoms with E-state index in [2.05, 4.69) is 55.1 Å². The average Bonchev–Trinajstić information content (AvgIpc) is 2.43. The molecule has 138 valence electrons. The molecule has 0 aliphatic carbocycles. The minimum Gasteiger partial charge on any atom is -0.357 e. The Balaban J connectivity index is 0.00000484. The molecular formula is C18H39IN4. The maximum absolute atomic E-state index is 4.60. The summed E-state index contributed by atoms with van der Waals surface area (Å²) >= 11 is 0. The van der Waals surface area contributed by atoms with Crippen molar-refractivity contribution in [3.63, 3.8) is 0 Å². The number of unbranched alkanes of at least 4 members (excludes halogenated alkanes) is 1. The first-order chi connectivity index (χ1) is 10.5. The minimum absolute atomic E-state index is 0. The Labute approximate surface area is 161 Å². The van der Waals surface area contributed by atoms with Crippen LogP contribution in [-0.2, 0) is 0 Å². The van der Waals surface area contributed by atoms with Gasteiger partial charge in [0, 0.05) is 32.7 Å². The molecule has 0 bridgehead atoms. The molecule has 2 unspecified atom stereocenters. The Morgan fingerprint density at radius 1 is 1.13 bits per heavy atom. The molecule has 0 aromatic heterocycles. The van der Waals surface area contributed by atoms with Crippen LogP contribution in [-0.4, -0.2) is 50.1 Å². The SMILES string of the molecule is CCNC(=NCC(C)C)NCCCCN1CC(C)CC(C)C1.I. The lowest BCUT2D eigenvalue weighted by Crippen LogP contribution is -2.40. The normalized spacial score (nSPS) is 22.8. The number of nitrogens with zero attached hydrogens (tertiary/aromatic N) is 2. The molecule has 5 heteroatoms. The van der Waals surface area contributed by atoms with Crippen molar-refractivity contribution in [1.82, 2.24) is 15.5 Å². The van der Waals surface area contributed by atoms with E-state index >= 15 is 0 Å². The van der Waals surface area contributed by atoms with E-state index in [-0.39, 0.29) is 24.0 Å². The molecular weight excluding hydrogens is 399 g/mol. The molecule has 0 saturated carbocycles. The molecule has 4 nitrogen and oxygen atoms in total. The average molecular weight is 438 g/mol. The predicted octanol–water partition coefficient (Wildman–Crippen LogP) is 3.57. The summed E-state index contributed by atoms with van der Waals surface area (Å²) in [6, 6.07) is 0. The second-order valence-corrected chi connectivity index (χ2v) is 7.45. The van der Waals surface area contributed by atoms with Crippen LogP contribution in [0.15, 0.2) is 4.99 Å². The number of guanidine groups is 1. The van der Waals surface area contributed by atoms with E-state index in [1.54, 1.807) is 0 Å². The molecule has 1 rings (SSSR count). The molecule has 0 spiro atoms. The third kappa shape index (κ3) is 11.2. The van der Waals surface area contributed by atoms with E-state index in [1.165, 1.54) is 38.9 Å². The molecule has 2 N–H and O–H groups in total. The van der Waals surface area contributed by atoms with Gasteiger partial charge in [0.05, 0.1) is 0 Å². The molecule has 0 radical (unpaired) electrons. The highest BCUT2D eigenvalue weighted by Crippen LogP contribution is 2.20. The highest BCUT2D eigenvalue weighted by molar-refractivity contribution is 14.0. The predicted molar refractivity (Wildman–Crippen MR) is 113 cm³/mol. The Morgan fingerprint density at radius 2 is 1.78 bits per heavy atom. The van der Waals surface area contributed by atoms with Crippen molar-refractivity contribution in [2.75, 3.05) is 39.3 Å². The van der Waals surface area contributed by atoms with Gasteiger partial charge in [0.25, 0.3) is 0 Å². The summed E-state index contributed by atoms with van der Waals surface area (Å²) in [6.07, 6.45) is 3.89. The number of piperidine rings is 1. The lowest BCUT2D eigenvalue weighted by atomic mass is 9.92. The van der Waals surface area contributed by atoms with Crippen LogP contribution in [0.5, 0.6) is 0 Å². The van der Waals surface area contributed by atoms with E-state index in [0.717, 1.165) is 37.4 Å². The van der Waals surface area contributed by atoms with Crippen molar-refractivity contribution in [2.24, 2.45) is 22.7 Å². The van der Waals surface area contributed by atoms with Crippen LogP contribution in [0, 0.1) is 17.8 Å². The number of likely N-dealkylation sites (tertiary alicyclic amines) is 1. The molecule has 1 aliphatic heterocycles. The summed E-state index contributed by atoms with van der Waals surface area (Å²) in [5.41, 5.74) is 0. The Morgan fingerprint density at radius 3 is 2.35 bits per heavy atom. The van der Waals surface area contributed by atoms with Crippen LogP contribution >= 0.6 is 24.0 Å². The van der Waals surface area contributed by atoms with E-state index in [4.69, 9.17) is 0 Å². The first-order valence-corrected chi connectivity index (χ1v) is 9.25. The smallest absolute Gasteiger partial charge is 0.191 e. The van der Waals surface area contributed by atoms with Crippen molar-refractivity contribution < 1.29 is 0 Å². The molecule has 1 fully saturated rings. The van der Waals surface area contributed by atoms with E-state index in [0.29, 0.717) is 5.92 Å². The van der Waals surface area contributed by atoms with Gasteiger partial charge in [-0.15, -0.1) is 24.0 Å². The van der Waals surface area contributed by atoms with Gasteiger partial charge in [0.15, 0.2) is 5.96 Å². The first kappa shape index (κ1) is 23.0. The number of aliphatic imine (C=N–C) groups is 1. The zero-order chi connectivity index (χ0) is 16.4. The summed E-state index contributed by atoms with van der Waals surface area (Å²) in [6.45, 7) is 17.9. The molecule has 2 atom stereocenters. The van der Waals surface area contributed by atoms with Crippen LogP contribution in [0.25, 0.3) is 0 Å². The topological polar surface area (TPSA) is 39.7 Å². The molecule has 0 amide bonds. The summed E-state index contributed by atoms with van der Waals surface area (Å²) in [5.74, 6) is 3.31. The number of hydrogen-bond acceptors (Lipinski definition) is 2. The lowest BCUT2D eigenvalue weighted by Gasteiger charge is -2.34. The fourth-order valence-electron chi connectivity index (χ4n) is 3.26. The van der Waals surface area contributed by atoms with Crippen molar-refractivity contribution in [3.8, 4) is 0 Å². The van der Waals surface area contributed by atoms with E-state index in [9.17, 15) is 0 Å². The largest absolute Gasteiger partial charge is 0.357 e. The highest BCUT2D eigenvalue weighted by atomic mass is 127. The molecule has 0 aromatic carbocycles. The molecule has 0 aromatic rings. The fourth-order valence-corrected chi connectivity index (χ4v) is 3.26. The standard InChI is InChI=1S/C18H38N4.HI/c1-6-19-18(21-12-15(2)3)20-9-7-8-10-22-13-16(4)11-17(5)14-22;/h15-17H,6-14H2,1-5H3,(H2,19,20,21);1H. The number of halogens is 1. The lowest BCUT2D eigenvalue weighted by molar-refractivity contribution is 0.139. The highest BCUT2D eigenvalue weighted by Gasteiger charge is 2.20. The summed E-state index contributed by atoms with van der Waals surface area (Å²) < 4.78 is 0. The van der Waals surface area contributed by atoms with Gasteiger partial charge in [-0.25, -0.2) is 0 Å². The second kappa shape index (κ2) is 13.3. The first-order valence-electron chi connectivity index (χ1n) is 9.25. The van der Waals surface area contributed by atoms with Crippen molar-refractivity contribution in [1.29, 1.82) is 0 Å². The van der Waals surface area contributed by atoms with Crippen molar-refractivity contribution >= 4 is 29.9 Å². The van der Waals surface area contributed by atoms with Crippen LogP contribution in [0.2, 0.25) is 0 Å². The maximum Gasteiger partial charge on any atom is 0.191 e. The monoisotopic (exact) mass is 438 g/mol. The summed E-state index contributed by atoms with van der Waals surface area (Å²) in [7, 11) is 0. The molecule has 1 aliphatic rings. The van der Waals surface area contributed by atoms with Crippen molar-refractivity contribution in [3.05, 3.63) is 0 Å². The summed E-state index contributed by atoms with van der Waals surface area (Å²) in [5, 5.41) is 6.77. The minimum atomic E-state index is 0. The quantitative estimate of drug-likeness (QED) is 0.264. The molecule has 1 saturated heterocycles. The van der Waals surface area contributed by atoms with Gasteiger partial charge in [-0.1, -0.05) is 27.7 Å². The Kier molecular flexibility index (Phi) is 13.3. The maximum atomic E-state index is 4.60. The second-order valence-electron chi connectivity index (χ2n) is 7.45. The van der Waals surface area contributed by atoms with Gasteiger partial charge in [-0.05, 0) is 50.5 Å². The summed E-state index contributed by atoms with van der Waals surface area (Å²) in [4.78, 5) is 7.25. The zero-order valence-electron chi connectivity index (χ0n) is 15.9. The molecule has 23 heavy (non-hydrogen) atoms. The van der Waals surface area contributed by atoms with Gasteiger partial charge >= 0.3 is 0 Å². The number of rotatable bonds is 8. The Bertz CT molecular complexity index is 310. The third-order valence-electron chi connectivity index (χ3n) is 4.10. The van der Waals surface area contributed by atoms with Gasteiger partial charge in [0.1, 0.15) is 0 Å². The van der Waals surface area contributed by atoms with Crippen molar-refractivity contribution in [2.45, 2.75) is 53.9 Å².